The second-order valence-corrected chi connectivity index (χ2v) is 3.33. The van der Waals surface area contributed by atoms with Crippen molar-refractivity contribution in [2.75, 3.05) is 0 Å². The Morgan fingerprint density at radius 1 is 1.57 bits per heavy atom. The van der Waals surface area contributed by atoms with Crippen molar-refractivity contribution in [3.8, 4) is 0 Å². The van der Waals surface area contributed by atoms with Crippen molar-refractivity contribution in [1.82, 2.24) is 0 Å². The zero-order valence-corrected chi connectivity index (χ0v) is 8.59. The predicted molar refractivity (Wildman–Crippen MR) is 50.1 cm³/mol. The van der Waals surface area contributed by atoms with Crippen LogP contribution in [0.2, 0.25) is 0 Å². The van der Waals surface area contributed by atoms with Crippen molar-refractivity contribution in [3.05, 3.63) is 25.9 Å². The van der Waals surface area contributed by atoms with E-state index in [1.807, 2.05) is 6.92 Å². The summed E-state index contributed by atoms with van der Waals surface area (Å²) in [7, 11) is 0. The summed E-state index contributed by atoms with van der Waals surface area (Å²) in [5.74, 6) is 0. The summed E-state index contributed by atoms with van der Waals surface area (Å²) >= 11 is 1.46. The van der Waals surface area contributed by atoms with Gasteiger partial charge in [-0.15, -0.1) is 11.3 Å². The third-order valence-electron chi connectivity index (χ3n) is 1.63. The molecule has 6 heteroatoms. The summed E-state index contributed by atoms with van der Waals surface area (Å²) in [6.07, 6.45) is 1.13. The average Bonchev–Trinajstić information content (AvgIpc) is 2.48. The molecule has 0 aromatic carbocycles. The number of hydrogen-bond donors (Lipinski definition) is 0. The minimum Gasteiger partial charge on any atom is -0.258 e. The quantitative estimate of drug-likeness (QED) is 0.558. The molecule has 1 aromatic heterocycles. The highest BCUT2D eigenvalue weighted by Gasteiger charge is 2.14. The van der Waals surface area contributed by atoms with E-state index in [1.54, 1.807) is 12.3 Å². The normalized spacial score (nSPS) is 8.43. The molecule has 0 aliphatic carbocycles. The highest BCUT2D eigenvalue weighted by molar-refractivity contribution is 7.10. The largest absolute Gasteiger partial charge is 0.373 e. The van der Waals surface area contributed by atoms with Crippen LogP contribution in [-0.2, 0) is 16.0 Å². The van der Waals surface area contributed by atoms with Crippen LogP contribution >= 0.6 is 11.3 Å². The molecule has 0 aliphatic heterocycles. The van der Waals surface area contributed by atoms with Crippen LogP contribution in [0.3, 0.4) is 0 Å². The summed E-state index contributed by atoms with van der Waals surface area (Å²) in [4.78, 5) is 27.4. The van der Waals surface area contributed by atoms with E-state index in [2.05, 4.69) is 0 Å². The molecule has 0 spiro atoms. The Hall–Kier alpha value is -1.52. The summed E-state index contributed by atoms with van der Waals surface area (Å²) in [5.41, 5.74) is 1.08. The van der Waals surface area contributed by atoms with E-state index in [9.17, 15) is 10.1 Å². The van der Waals surface area contributed by atoms with Gasteiger partial charge in [0, 0.05) is 10.4 Å². The van der Waals surface area contributed by atoms with Crippen molar-refractivity contribution in [2.24, 2.45) is 0 Å². The lowest BCUT2D eigenvalue weighted by atomic mass is 10.2. The first kappa shape index (κ1) is 12.5. The lowest BCUT2D eigenvalue weighted by molar-refractivity contribution is -0.385. The molecule has 0 bridgehead atoms. The number of nitrogens with zero attached hydrogens (tertiary/aromatic N) is 1. The standard InChI is InChI=1S/C7H9NO2S.CO2/c1-3-7-5(2)6(4-11-7)8(9)10;2-1-3/h4H,3H2,1-2H3;. The van der Waals surface area contributed by atoms with Gasteiger partial charge in [-0.1, -0.05) is 6.92 Å². The first-order chi connectivity index (χ1) is 6.58. The molecule has 0 fully saturated rings. The number of carbonyl (C=O) groups excluding carboxylic acids is 2. The van der Waals surface area contributed by atoms with Crippen LogP contribution < -0.4 is 0 Å². The number of hydrogen-bond acceptors (Lipinski definition) is 5. The topological polar surface area (TPSA) is 77.3 Å². The molecule has 0 unspecified atom stereocenters. The number of rotatable bonds is 2. The molecule has 76 valence electrons. The van der Waals surface area contributed by atoms with Crippen LogP contribution in [0, 0.1) is 17.0 Å². The van der Waals surface area contributed by atoms with E-state index in [-0.39, 0.29) is 16.8 Å². The molecule has 14 heavy (non-hydrogen) atoms. The van der Waals surface area contributed by atoms with Crippen molar-refractivity contribution in [2.45, 2.75) is 20.3 Å². The predicted octanol–water partition coefficient (Wildman–Crippen LogP) is 1.94. The van der Waals surface area contributed by atoms with Gasteiger partial charge in [0.25, 0.3) is 5.69 Å². The van der Waals surface area contributed by atoms with Crippen LogP contribution in [0.25, 0.3) is 0 Å². The molecule has 0 radical (unpaired) electrons. The maximum absolute atomic E-state index is 10.4. The first-order valence-electron chi connectivity index (χ1n) is 3.79. The Labute approximate surface area is 84.5 Å². The SMILES string of the molecule is CCc1scc([N+](=O)[O-])c1C.O=C=O. The molecule has 0 N–H and O–H groups in total. The maximum atomic E-state index is 10.4. The Morgan fingerprint density at radius 2 is 2.07 bits per heavy atom. The number of thiophene rings is 1. The molecule has 1 heterocycles. The van der Waals surface area contributed by atoms with Crippen LogP contribution in [0.1, 0.15) is 17.4 Å². The van der Waals surface area contributed by atoms with Gasteiger partial charge in [0.15, 0.2) is 0 Å². The molecule has 0 atom stereocenters. The lowest BCUT2D eigenvalue weighted by Crippen LogP contribution is -1.88. The zero-order chi connectivity index (χ0) is 11.1. The minimum absolute atomic E-state index is 0.250. The zero-order valence-electron chi connectivity index (χ0n) is 7.77. The number of aryl methyl sites for hydroxylation is 1. The van der Waals surface area contributed by atoms with Gasteiger partial charge in [-0.05, 0) is 13.3 Å². The van der Waals surface area contributed by atoms with E-state index < -0.39 is 0 Å². The van der Waals surface area contributed by atoms with Crippen LogP contribution in [0.5, 0.6) is 0 Å². The van der Waals surface area contributed by atoms with E-state index in [4.69, 9.17) is 9.59 Å². The van der Waals surface area contributed by atoms with Crippen LogP contribution in [0.15, 0.2) is 5.38 Å². The van der Waals surface area contributed by atoms with E-state index in [0.29, 0.717) is 0 Å². The van der Waals surface area contributed by atoms with Gasteiger partial charge in [0.1, 0.15) is 0 Å². The second kappa shape index (κ2) is 6.01. The molecule has 0 saturated carbocycles. The van der Waals surface area contributed by atoms with E-state index in [1.165, 1.54) is 11.3 Å². The highest BCUT2D eigenvalue weighted by Crippen LogP contribution is 2.28. The van der Waals surface area contributed by atoms with Crippen molar-refractivity contribution >= 4 is 23.2 Å². The maximum Gasteiger partial charge on any atom is 0.373 e. The third-order valence-corrected chi connectivity index (χ3v) is 2.85. The molecule has 5 nitrogen and oxygen atoms in total. The smallest absolute Gasteiger partial charge is 0.258 e. The summed E-state index contributed by atoms with van der Waals surface area (Å²) < 4.78 is 0. The van der Waals surface area contributed by atoms with E-state index in [0.717, 1.165) is 16.9 Å². The first-order valence-corrected chi connectivity index (χ1v) is 4.67. The van der Waals surface area contributed by atoms with Crippen molar-refractivity contribution in [3.63, 3.8) is 0 Å². The summed E-state index contributed by atoms with van der Waals surface area (Å²) in [6, 6.07) is 0. The molecule has 0 aliphatic rings. The molecule has 1 rings (SSSR count). The Kier molecular flexibility index (Phi) is 5.36. The lowest BCUT2D eigenvalue weighted by Gasteiger charge is -1.90. The minimum atomic E-state index is -0.328. The van der Waals surface area contributed by atoms with Crippen molar-refractivity contribution in [1.29, 1.82) is 0 Å². The van der Waals surface area contributed by atoms with Crippen LogP contribution in [0.4, 0.5) is 5.69 Å². The van der Waals surface area contributed by atoms with Gasteiger partial charge in [0.05, 0.1) is 10.3 Å². The molecule has 0 saturated heterocycles. The molecular weight excluding hydrogens is 206 g/mol. The fourth-order valence-electron chi connectivity index (χ4n) is 0.975. The fraction of sp³-hybridized carbons (Fsp3) is 0.375. The van der Waals surface area contributed by atoms with Gasteiger partial charge in [-0.2, -0.15) is 9.59 Å². The van der Waals surface area contributed by atoms with E-state index >= 15 is 0 Å². The second-order valence-electron chi connectivity index (χ2n) is 2.36. The number of nitro groups is 1. The third kappa shape index (κ3) is 3.08. The average molecular weight is 215 g/mol. The Balaban J connectivity index is 0.000000500. The highest BCUT2D eigenvalue weighted by atomic mass is 32.1. The van der Waals surface area contributed by atoms with Gasteiger partial charge < -0.3 is 0 Å². The van der Waals surface area contributed by atoms with Gasteiger partial charge >= 0.3 is 6.15 Å². The molecule has 0 amide bonds. The monoisotopic (exact) mass is 215 g/mol. The Bertz CT molecular complexity index is 352. The van der Waals surface area contributed by atoms with Crippen molar-refractivity contribution < 1.29 is 14.5 Å². The van der Waals surface area contributed by atoms with Gasteiger partial charge in [-0.25, -0.2) is 0 Å². The molecular formula is C8H9NO4S. The molecule has 1 aromatic rings. The fourth-order valence-corrected chi connectivity index (χ4v) is 1.94. The Morgan fingerprint density at radius 3 is 2.29 bits per heavy atom. The van der Waals surface area contributed by atoms with Gasteiger partial charge in [0.2, 0.25) is 0 Å². The van der Waals surface area contributed by atoms with Gasteiger partial charge in [-0.3, -0.25) is 10.1 Å². The summed E-state index contributed by atoms with van der Waals surface area (Å²) in [6.45, 7) is 3.80. The summed E-state index contributed by atoms with van der Waals surface area (Å²) in [5, 5.41) is 12.0. The van der Waals surface area contributed by atoms with Crippen LogP contribution in [-0.4, -0.2) is 11.1 Å².